The summed E-state index contributed by atoms with van der Waals surface area (Å²) in [6.07, 6.45) is 2.43. The lowest BCUT2D eigenvalue weighted by atomic mass is 9.97. The van der Waals surface area contributed by atoms with Crippen molar-refractivity contribution in [3.05, 3.63) is 36.5 Å². The first-order valence-corrected chi connectivity index (χ1v) is 8.22. The van der Waals surface area contributed by atoms with Crippen molar-refractivity contribution in [1.29, 1.82) is 0 Å². The molecule has 6 nitrogen and oxygen atoms in total. The van der Waals surface area contributed by atoms with E-state index in [-0.39, 0.29) is 12.5 Å². The second-order valence-corrected chi connectivity index (χ2v) is 6.24. The average Bonchev–Trinajstić information content (AvgIpc) is 2.60. The van der Waals surface area contributed by atoms with Gasteiger partial charge >= 0.3 is 5.97 Å². The first-order valence-electron chi connectivity index (χ1n) is 8.22. The molecule has 1 fully saturated rings. The number of piperidine rings is 1. The van der Waals surface area contributed by atoms with Crippen LogP contribution in [-0.2, 0) is 4.79 Å². The molecule has 0 bridgehead atoms. The highest BCUT2D eigenvalue weighted by molar-refractivity contribution is 5.79. The molecule has 0 aliphatic carbocycles. The fraction of sp³-hybridized carbons (Fsp3) is 0.444. The van der Waals surface area contributed by atoms with Gasteiger partial charge in [0.1, 0.15) is 18.5 Å². The molecule has 3 rings (SSSR count). The topological polar surface area (TPSA) is 82.9 Å². The predicted molar refractivity (Wildman–Crippen MR) is 90.0 cm³/mol. The van der Waals surface area contributed by atoms with E-state index in [0.717, 1.165) is 10.9 Å². The van der Waals surface area contributed by atoms with Crippen LogP contribution in [0.2, 0.25) is 0 Å². The highest BCUT2D eigenvalue weighted by atomic mass is 16.5. The molecule has 1 aromatic carbocycles. The van der Waals surface area contributed by atoms with Crippen LogP contribution < -0.4 is 4.74 Å². The van der Waals surface area contributed by atoms with Gasteiger partial charge in [0.05, 0.1) is 11.4 Å². The largest absolute Gasteiger partial charge is 0.491 e. The molecule has 1 aliphatic rings. The molecule has 1 aromatic heterocycles. The van der Waals surface area contributed by atoms with Gasteiger partial charge in [-0.05, 0) is 50.2 Å². The van der Waals surface area contributed by atoms with Crippen LogP contribution in [0.3, 0.4) is 0 Å². The highest BCUT2D eigenvalue weighted by Gasteiger charge is 2.25. The van der Waals surface area contributed by atoms with Crippen LogP contribution >= 0.6 is 0 Å². The van der Waals surface area contributed by atoms with Gasteiger partial charge in [-0.1, -0.05) is 6.07 Å². The second-order valence-electron chi connectivity index (χ2n) is 6.24. The van der Waals surface area contributed by atoms with E-state index in [1.54, 1.807) is 6.20 Å². The number of ether oxygens (including phenoxy) is 1. The fourth-order valence-electron chi connectivity index (χ4n) is 3.05. The van der Waals surface area contributed by atoms with Gasteiger partial charge in [0.15, 0.2) is 0 Å². The molecule has 2 heterocycles. The number of carboxylic acid groups (broad SMARTS) is 1. The molecule has 128 valence electrons. The number of carboxylic acids is 1. The highest BCUT2D eigenvalue weighted by Crippen LogP contribution is 2.20. The van der Waals surface area contributed by atoms with Gasteiger partial charge in [-0.25, -0.2) is 0 Å². The van der Waals surface area contributed by atoms with E-state index in [0.29, 0.717) is 38.2 Å². The quantitative estimate of drug-likeness (QED) is 0.840. The van der Waals surface area contributed by atoms with Gasteiger partial charge in [-0.3, -0.25) is 9.78 Å². The normalized spacial score (nSPS) is 17.7. The van der Waals surface area contributed by atoms with Crippen molar-refractivity contribution in [2.45, 2.75) is 18.9 Å². The van der Waals surface area contributed by atoms with Gasteiger partial charge in [-0.15, -0.1) is 0 Å². The summed E-state index contributed by atoms with van der Waals surface area (Å²) in [5, 5.41) is 20.2. The van der Waals surface area contributed by atoms with Crippen molar-refractivity contribution in [3.63, 3.8) is 0 Å². The minimum Gasteiger partial charge on any atom is -0.491 e. The molecule has 0 radical (unpaired) electrons. The number of fused-ring (bicyclic) bond motifs is 1. The molecule has 1 aliphatic heterocycles. The number of benzene rings is 1. The maximum absolute atomic E-state index is 10.9. The Kier molecular flexibility index (Phi) is 5.27. The number of aliphatic hydroxyl groups excluding tert-OH is 1. The molecule has 0 saturated carbocycles. The van der Waals surface area contributed by atoms with Gasteiger partial charge in [0.2, 0.25) is 0 Å². The lowest BCUT2D eigenvalue weighted by Crippen LogP contribution is -2.42. The van der Waals surface area contributed by atoms with E-state index in [4.69, 9.17) is 9.84 Å². The predicted octanol–water partition coefficient (Wildman–Crippen LogP) is 1.77. The minimum atomic E-state index is -0.718. The van der Waals surface area contributed by atoms with Crippen LogP contribution in [0.25, 0.3) is 10.9 Å². The number of aliphatic carboxylic acids is 1. The first-order chi connectivity index (χ1) is 11.6. The fourth-order valence-corrected chi connectivity index (χ4v) is 3.05. The summed E-state index contributed by atoms with van der Waals surface area (Å²) in [6, 6.07) is 9.50. The summed E-state index contributed by atoms with van der Waals surface area (Å²) in [7, 11) is 0. The van der Waals surface area contributed by atoms with E-state index in [1.165, 1.54) is 0 Å². The van der Waals surface area contributed by atoms with Crippen LogP contribution in [0.5, 0.6) is 5.75 Å². The Morgan fingerprint density at radius 2 is 2.12 bits per heavy atom. The molecule has 2 aromatic rings. The molecule has 6 heteroatoms. The molecular formula is C18H22N2O4. The maximum atomic E-state index is 10.9. The van der Waals surface area contributed by atoms with Gasteiger partial charge < -0.3 is 19.8 Å². The SMILES string of the molecule is O=C(O)C1CCN(C[C@@H](O)COc2ccc3ncccc3c2)CC1. The number of carbonyl (C=O) groups is 1. The third-order valence-electron chi connectivity index (χ3n) is 4.42. The average molecular weight is 330 g/mol. The number of β-amino-alcohol motifs (C(OH)–C–C–N with tert-alkyl or cyclic N) is 1. The number of hydrogen-bond donors (Lipinski definition) is 2. The molecule has 1 saturated heterocycles. The van der Waals surface area contributed by atoms with Gasteiger partial charge in [0.25, 0.3) is 0 Å². The van der Waals surface area contributed by atoms with Crippen molar-refractivity contribution in [3.8, 4) is 5.75 Å². The smallest absolute Gasteiger partial charge is 0.306 e. The number of rotatable bonds is 6. The first kappa shape index (κ1) is 16.7. The van der Waals surface area contributed by atoms with Crippen molar-refractivity contribution in [1.82, 2.24) is 9.88 Å². The van der Waals surface area contributed by atoms with E-state index >= 15 is 0 Å². The third-order valence-corrected chi connectivity index (χ3v) is 4.42. The van der Waals surface area contributed by atoms with E-state index in [1.807, 2.05) is 30.3 Å². The monoisotopic (exact) mass is 330 g/mol. The molecular weight excluding hydrogens is 308 g/mol. The lowest BCUT2D eigenvalue weighted by Gasteiger charge is -2.31. The summed E-state index contributed by atoms with van der Waals surface area (Å²) in [6.45, 7) is 2.12. The summed E-state index contributed by atoms with van der Waals surface area (Å²) in [5.74, 6) is -0.260. The molecule has 2 N–H and O–H groups in total. The van der Waals surface area contributed by atoms with Crippen LogP contribution in [0.15, 0.2) is 36.5 Å². The number of hydrogen-bond acceptors (Lipinski definition) is 5. The van der Waals surface area contributed by atoms with Crippen LogP contribution in [0.1, 0.15) is 12.8 Å². The number of likely N-dealkylation sites (tertiary alicyclic amines) is 1. The van der Waals surface area contributed by atoms with Crippen LogP contribution in [-0.4, -0.2) is 58.4 Å². The zero-order valence-corrected chi connectivity index (χ0v) is 13.5. The number of nitrogens with zero attached hydrogens (tertiary/aromatic N) is 2. The van der Waals surface area contributed by atoms with Crippen molar-refractivity contribution < 1.29 is 19.7 Å². The minimum absolute atomic E-state index is 0.213. The zero-order valence-electron chi connectivity index (χ0n) is 13.5. The second kappa shape index (κ2) is 7.59. The van der Waals surface area contributed by atoms with Crippen LogP contribution in [0, 0.1) is 5.92 Å². The molecule has 24 heavy (non-hydrogen) atoms. The summed E-state index contributed by atoms with van der Waals surface area (Å²) >= 11 is 0. The molecule has 1 atom stereocenters. The Morgan fingerprint density at radius 3 is 2.88 bits per heavy atom. The van der Waals surface area contributed by atoms with Crippen molar-refractivity contribution in [2.75, 3.05) is 26.2 Å². The zero-order chi connectivity index (χ0) is 16.9. The Bertz CT molecular complexity index is 698. The third kappa shape index (κ3) is 4.21. The summed E-state index contributed by atoms with van der Waals surface area (Å²) in [5.41, 5.74) is 0.909. The van der Waals surface area contributed by atoms with E-state index in [2.05, 4.69) is 9.88 Å². The summed E-state index contributed by atoms with van der Waals surface area (Å²) in [4.78, 5) is 17.3. The van der Waals surface area contributed by atoms with E-state index < -0.39 is 12.1 Å². The maximum Gasteiger partial charge on any atom is 0.306 e. The Balaban J connectivity index is 1.46. The molecule has 0 amide bonds. The molecule has 0 unspecified atom stereocenters. The van der Waals surface area contributed by atoms with Crippen molar-refractivity contribution >= 4 is 16.9 Å². The Hall–Kier alpha value is -2.18. The van der Waals surface area contributed by atoms with Crippen LogP contribution in [0.4, 0.5) is 0 Å². The number of pyridine rings is 1. The number of aromatic nitrogens is 1. The Morgan fingerprint density at radius 1 is 1.33 bits per heavy atom. The molecule has 0 spiro atoms. The number of aliphatic hydroxyl groups is 1. The Labute approximate surface area is 140 Å². The van der Waals surface area contributed by atoms with Gasteiger partial charge in [-0.2, -0.15) is 0 Å². The van der Waals surface area contributed by atoms with E-state index in [9.17, 15) is 9.90 Å². The standard InChI is InChI=1S/C18H22N2O4/c21-15(11-20-8-5-13(6-9-20)18(22)23)12-24-16-3-4-17-14(10-16)2-1-7-19-17/h1-4,7,10,13,15,21H,5-6,8-9,11-12H2,(H,22,23)/t15-/m1/s1. The van der Waals surface area contributed by atoms with Crippen molar-refractivity contribution in [2.24, 2.45) is 5.92 Å². The lowest BCUT2D eigenvalue weighted by molar-refractivity contribution is -0.143. The van der Waals surface area contributed by atoms with Gasteiger partial charge in [0, 0.05) is 18.1 Å². The summed E-state index contributed by atoms with van der Waals surface area (Å²) < 4.78 is 5.68.